The lowest BCUT2D eigenvalue weighted by Crippen LogP contribution is -2.26. The summed E-state index contributed by atoms with van der Waals surface area (Å²) in [6.45, 7) is 0.466. The number of hydrogen-bond acceptors (Lipinski definition) is 4. The van der Waals surface area contributed by atoms with Gasteiger partial charge in [-0.25, -0.2) is 10.3 Å². The molecule has 1 N–H and O–H groups in total. The first kappa shape index (κ1) is 16.3. The minimum Gasteiger partial charge on any atom is -0.408 e. The number of hydroxylamine groups is 1. The maximum absolute atomic E-state index is 11.9. The molecular formula is C17H15ClN2O4. The number of nitrogens with one attached hydrogen (secondary N) is 1. The molecule has 0 aliphatic rings. The van der Waals surface area contributed by atoms with Crippen molar-refractivity contribution < 1.29 is 14.0 Å². The van der Waals surface area contributed by atoms with Gasteiger partial charge in [-0.15, -0.1) is 0 Å². The molecule has 24 heavy (non-hydrogen) atoms. The quantitative estimate of drug-likeness (QED) is 0.696. The molecule has 0 fully saturated rings. The fourth-order valence-electron chi connectivity index (χ4n) is 2.29. The summed E-state index contributed by atoms with van der Waals surface area (Å²) < 4.78 is 6.50. The molecule has 0 radical (unpaired) electrons. The van der Waals surface area contributed by atoms with Crippen molar-refractivity contribution in [2.24, 2.45) is 0 Å². The maximum atomic E-state index is 11.9. The normalized spacial score (nSPS) is 10.9. The maximum Gasteiger partial charge on any atom is 0.419 e. The van der Waals surface area contributed by atoms with Gasteiger partial charge in [-0.3, -0.25) is 14.2 Å². The largest absolute Gasteiger partial charge is 0.419 e. The molecule has 0 bridgehead atoms. The number of halogens is 1. The lowest BCUT2D eigenvalue weighted by molar-refractivity contribution is -0.134. The van der Waals surface area contributed by atoms with Crippen molar-refractivity contribution >= 4 is 28.6 Å². The van der Waals surface area contributed by atoms with Crippen LogP contribution in [-0.4, -0.2) is 10.5 Å². The Bertz CT molecular complexity index is 902. The van der Waals surface area contributed by atoms with Crippen LogP contribution in [0.4, 0.5) is 0 Å². The number of carbonyl (C=O) groups excluding carboxylic acids is 1. The van der Waals surface area contributed by atoms with Gasteiger partial charge in [0.2, 0.25) is 5.91 Å². The van der Waals surface area contributed by atoms with E-state index in [2.05, 4.69) is 5.48 Å². The molecule has 0 spiro atoms. The molecule has 0 aliphatic carbocycles. The molecule has 7 heteroatoms. The third-order valence-electron chi connectivity index (χ3n) is 3.46. The Morgan fingerprint density at radius 2 is 2.00 bits per heavy atom. The Kier molecular flexibility index (Phi) is 4.98. The van der Waals surface area contributed by atoms with E-state index in [9.17, 15) is 9.59 Å². The van der Waals surface area contributed by atoms with Gasteiger partial charge < -0.3 is 4.42 Å². The molecule has 2 aromatic carbocycles. The molecule has 1 aromatic heterocycles. The monoisotopic (exact) mass is 346 g/mol. The lowest BCUT2D eigenvalue weighted by Gasteiger charge is -2.06. The third-order valence-corrected chi connectivity index (χ3v) is 3.70. The summed E-state index contributed by atoms with van der Waals surface area (Å²) in [7, 11) is 0. The van der Waals surface area contributed by atoms with Crippen molar-refractivity contribution in [3.63, 3.8) is 0 Å². The summed E-state index contributed by atoms with van der Waals surface area (Å²) >= 11 is 5.86. The van der Waals surface area contributed by atoms with Crippen LogP contribution >= 0.6 is 11.6 Å². The van der Waals surface area contributed by atoms with E-state index in [1.165, 1.54) is 4.57 Å². The summed E-state index contributed by atoms with van der Waals surface area (Å²) in [4.78, 5) is 28.8. The molecule has 124 valence electrons. The highest BCUT2D eigenvalue weighted by Crippen LogP contribution is 2.18. The van der Waals surface area contributed by atoms with Crippen LogP contribution in [0.2, 0.25) is 5.02 Å². The molecule has 0 unspecified atom stereocenters. The van der Waals surface area contributed by atoms with Gasteiger partial charge in [-0.1, -0.05) is 41.9 Å². The minimum absolute atomic E-state index is 0.0892. The van der Waals surface area contributed by atoms with Crippen LogP contribution in [0, 0.1) is 0 Å². The van der Waals surface area contributed by atoms with Gasteiger partial charge >= 0.3 is 5.76 Å². The topological polar surface area (TPSA) is 73.5 Å². The van der Waals surface area contributed by atoms with E-state index in [1.807, 2.05) is 30.3 Å². The number of carbonyl (C=O) groups is 1. The van der Waals surface area contributed by atoms with Gasteiger partial charge in [0.15, 0.2) is 5.58 Å². The smallest absolute Gasteiger partial charge is 0.408 e. The average Bonchev–Trinajstić information content (AvgIpc) is 2.88. The van der Waals surface area contributed by atoms with Crippen LogP contribution in [-0.2, 0) is 22.8 Å². The number of rotatable bonds is 6. The first-order valence-electron chi connectivity index (χ1n) is 7.37. The van der Waals surface area contributed by atoms with Crippen molar-refractivity contribution in [3.05, 3.63) is 69.7 Å². The summed E-state index contributed by atoms with van der Waals surface area (Å²) in [6.07, 6.45) is 0.0892. The van der Waals surface area contributed by atoms with Crippen LogP contribution in [0.3, 0.4) is 0 Å². The van der Waals surface area contributed by atoms with Crippen molar-refractivity contribution in [2.75, 3.05) is 0 Å². The fraction of sp³-hybridized carbons (Fsp3) is 0.176. The molecule has 0 saturated carbocycles. The average molecular weight is 347 g/mol. The van der Waals surface area contributed by atoms with Crippen LogP contribution in [0.1, 0.15) is 12.0 Å². The van der Waals surface area contributed by atoms with E-state index in [1.54, 1.807) is 18.2 Å². The Hall–Kier alpha value is -2.57. The number of hydrogen-bond donors (Lipinski definition) is 1. The number of oxazole rings is 1. The molecule has 1 amide bonds. The van der Waals surface area contributed by atoms with Gasteiger partial charge in [-0.05, 0) is 17.7 Å². The summed E-state index contributed by atoms with van der Waals surface area (Å²) in [5, 5.41) is 0.482. The molecule has 3 aromatic rings. The lowest BCUT2D eigenvalue weighted by atomic mass is 10.2. The predicted molar refractivity (Wildman–Crippen MR) is 89.5 cm³/mol. The first-order valence-corrected chi connectivity index (χ1v) is 7.75. The molecule has 6 nitrogen and oxygen atoms in total. The van der Waals surface area contributed by atoms with E-state index < -0.39 is 5.76 Å². The standard InChI is InChI=1S/C17H15ClN2O4/c18-13-6-7-14-15(10-13)24-17(22)20(14)9-8-16(21)19-23-11-12-4-2-1-3-5-12/h1-7,10H,8-9,11H2,(H,19,21). The van der Waals surface area contributed by atoms with Crippen LogP contribution in [0.25, 0.3) is 11.1 Å². The van der Waals surface area contributed by atoms with E-state index in [0.29, 0.717) is 16.1 Å². The van der Waals surface area contributed by atoms with Crippen LogP contribution < -0.4 is 11.2 Å². The van der Waals surface area contributed by atoms with E-state index in [0.717, 1.165) is 5.56 Å². The summed E-state index contributed by atoms with van der Waals surface area (Å²) in [5.41, 5.74) is 4.31. The van der Waals surface area contributed by atoms with Crippen molar-refractivity contribution in [1.29, 1.82) is 0 Å². The van der Waals surface area contributed by atoms with Gasteiger partial charge in [0, 0.05) is 24.1 Å². The van der Waals surface area contributed by atoms with Gasteiger partial charge in [0.25, 0.3) is 0 Å². The number of nitrogens with zero attached hydrogens (tertiary/aromatic N) is 1. The van der Waals surface area contributed by atoms with E-state index in [4.69, 9.17) is 20.9 Å². The Labute approximate surface area is 142 Å². The number of aryl methyl sites for hydroxylation is 1. The SMILES string of the molecule is O=C(CCn1c(=O)oc2cc(Cl)ccc21)NOCc1ccccc1. The van der Waals surface area contributed by atoms with Gasteiger partial charge in [0.05, 0.1) is 12.1 Å². The Morgan fingerprint density at radius 3 is 2.79 bits per heavy atom. The highest BCUT2D eigenvalue weighted by Gasteiger charge is 2.11. The number of benzene rings is 2. The van der Waals surface area contributed by atoms with Crippen molar-refractivity contribution in [3.8, 4) is 0 Å². The Balaban J connectivity index is 1.55. The van der Waals surface area contributed by atoms with Crippen LogP contribution in [0.5, 0.6) is 0 Å². The molecular weight excluding hydrogens is 332 g/mol. The number of aromatic nitrogens is 1. The molecule has 3 rings (SSSR count). The second kappa shape index (κ2) is 7.33. The molecule has 1 heterocycles. The zero-order valence-corrected chi connectivity index (χ0v) is 13.5. The molecule has 0 saturated heterocycles. The highest BCUT2D eigenvalue weighted by atomic mass is 35.5. The molecule has 0 aliphatic heterocycles. The third kappa shape index (κ3) is 3.84. The minimum atomic E-state index is -0.523. The summed E-state index contributed by atoms with van der Waals surface area (Å²) in [6, 6.07) is 14.4. The fourth-order valence-corrected chi connectivity index (χ4v) is 2.45. The second-order valence-electron chi connectivity index (χ2n) is 5.18. The van der Waals surface area contributed by atoms with Gasteiger partial charge in [0.1, 0.15) is 0 Å². The van der Waals surface area contributed by atoms with Crippen molar-refractivity contribution in [2.45, 2.75) is 19.6 Å². The van der Waals surface area contributed by atoms with Crippen molar-refractivity contribution in [1.82, 2.24) is 10.0 Å². The van der Waals surface area contributed by atoms with Gasteiger partial charge in [-0.2, -0.15) is 0 Å². The zero-order chi connectivity index (χ0) is 16.9. The van der Waals surface area contributed by atoms with Crippen LogP contribution in [0.15, 0.2) is 57.7 Å². The van der Waals surface area contributed by atoms with E-state index >= 15 is 0 Å². The zero-order valence-electron chi connectivity index (χ0n) is 12.7. The predicted octanol–water partition coefficient (Wildman–Crippen LogP) is 2.89. The highest BCUT2D eigenvalue weighted by molar-refractivity contribution is 6.31. The number of amides is 1. The number of fused-ring (bicyclic) bond motifs is 1. The molecule has 0 atom stereocenters. The Morgan fingerprint density at radius 1 is 1.21 bits per heavy atom. The second-order valence-corrected chi connectivity index (χ2v) is 5.62. The summed E-state index contributed by atoms with van der Waals surface area (Å²) in [5.74, 6) is -0.841. The first-order chi connectivity index (χ1) is 11.6. The van der Waals surface area contributed by atoms with E-state index in [-0.39, 0.29) is 25.5 Å².